The summed E-state index contributed by atoms with van der Waals surface area (Å²) in [4.78, 5) is 0. The fourth-order valence-corrected chi connectivity index (χ4v) is 2.09. The van der Waals surface area contributed by atoms with Crippen LogP contribution in [0.1, 0.15) is 23.7 Å². The minimum Gasteiger partial charge on any atom is -0.316 e. The summed E-state index contributed by atoms with van der Waals surface area (Å²) < 4.78 is 1.15. The largest absolute Gasteiger partial charge is 0.316 e. The van der Waals surface area contributed by atoms with E-state index in [4.69, 9.17) is 0 Å². The third-order valence-electron chi connectivity index (χ3n) is 2.35. The Balaban J connectivity index is 2.26. The summed E-state index contributed by atoms with van der Waals surface area (Å²) in [7, 11) is 0. The number of halogens is 1. The molecule has 0 radical (unpaired) electrons. The van der Waals surface area contributed by atoms with E-state index >= 15 is 0 Å². The second-order valence-corrected chi connectivity index (χ2v) is 4.03. The van der Waals surface area contributed by atoms with E-state index in [0.29, 0.717) is 5.92 Å². The minimum absolute atomic E-state index is 0.587. The van der Waals surface area contributed by atoms with Gasteiger partial charge in [-0.1, -0.05) is 0 Å². The van der Waals surface area contributed by atoms with Gasteiger partial charge in [-0.15, -0.1) is 0 Å². The van der Waals surface area contributed by atoms with Crippen LogP contribution in [0.15, 0.2) is 4.47 Å². The van der Waals surface area contributed by atoms with Crippen LogP contribution in [-0.4, -0.2) is 23.3 Å². The van der Waals surface area contributed by atoms with Gasteiger partial charge in [0, 0.05) is 18.2 Å². The van der Waals surface area contributed by atoms with Crippen molar-refractivity contribution in [3.8, 4) is 0 Å². The molecule has 2 N–H and O–H groups in total. The summed E-state index contributed by atoms with van der Waals surface area (Å²) in [6.07, 6.45) is 1.20. The molecule has 2 heterocycles. The van der Waals surface area contributed by atoms with Gasteiger partial charge in [0.2, 0.25) is 0 Å². The van der Waals surface area contributed by atoms with Crippen LogP contribution in [0.5, 0.6) is 0 Å². The zero-order valence-electron chi connectivity index (χ0n) is 7.02. The molecule has 2 rings (SSSR count). The monoisotopic (exact) mass is 229 g/mol. The van der Waals surface area contributed by atoms with Gasteiger partial charge in [0.15, 0.2) is 0 Å². The summed E-state index contributed by atoms with van der Waals surface area (Å²) in [6, 6.07) is 0. The zero-order valence-corrected chi connectivity index (χ0v) is 8.61. The van der Waals surface area contributed by atoms with Crippen molar-refractivity contribution in [3.05, 3.63) is 15.9 Å². The lowest BCUT2D eigenvalue weighted by Crippen LogP contribution is -2.08. The molecule has 1 atom stereocenters. The molecule has 0 aromatic carbocycles. The lowest BCUT2D eigenvalue weighted by Gasteiger charge is -2.03. The van der Waals surface area contributed by atoms with Crippen molar-refractivity contribution in [1.29, 1.82) is 0 Å². The number of nitrogens with zero attached hydrogens (tertiary/aromatic N) is 1. The first-order chi connectivity index (χ1) is 5.79. The molecule has 66 valence electrons. The molecule has 0 spiro atoms. The highest BCUT2D eigenvalue weighted by Crippen LogP contribution is 2.28. The van der Waals surface area contributed by atoms with Crippen LogP contribution in [0.2, 0.25) is 0 Å². The molecule has 1 aliphatic rings. The standard InChI is InChI=1S/C8H12BrN3/c1-5-7(9)8(12-11-5)6-2-3-10-4-6/h6,10H,2-4H2,1H3,(H,11,12). The Morgan fingerprint density at radius 1 is 1.58 bits per heavy atom. The molecule has 1 aromatic rings. The molecule has 0 saturated carbocycles. The van der Waals surface area contributed by atoms with Crippen LogP contribution < -0.4 is 5.32 Å². The van der Waals surface area contributed by atoms with Crippen molar-refractivity contribution in [3.63, 3.8) is 0 Å². The average Bonchev–Trinajstić information content (AvgIpc) is 2.64. The first-order valence-electron chi connectivity index (χ1n) is 4.20. The Morgan fingerprint density at radius 2 is 2.42 bits per heavy atom. The van der Waals surface area contributed by atoms with Crippen molar-refractivity contribution in [2.45, 2.75) is 19.3 Å². The molecule has 0 bridgehead atoms. The van der Waals surface area contributed by atoms with E-state index in [-0.39, 0.29) is 0 Å². The summed E-state index contributed by atoms with van der Waals surface area (Å²) in [5.74, 6) is 0.587. The zero-order chi connectivity index (χ0) is 8.55. The molecular formula is C8H12BrN3. The fraction of sp³-hybridized carbons (Fsp3) is 0.625. The molecule has 1 saturated heterocycles. The van der Waals surface area contributed by atoms with Crippen molar-refractivity contribution in [2.75, 3.05) is 13.1 Å². The van der Waals surface area contributed by atoms with E-state index in [0.717, 1.165) is 23.3 Å². The van der Waals surface area contributed by atoms with Gasteiger partial charge in [-0.2, -0.15) is 5.10 Å². The topological polar surface area (TPSA) is 40.7 Å². The molecular weight excluding hydrogens is 218 g/mol. The summed E-state index contributed by atoms with van der Waals surface area (Å²) in [6.45, 7) is 4.20. The predicted molar refractivity (Wildman–Crippen MR) is 51.3 cm³/mol. The van der Waals surface area contributed by atoms with E-state index < -0.39 is 0 Å². The minimum atomic E-state index is 0.587. The van der Waals surface area contributed by atoms with E-state index in [2.05, 4.69) is 31.4 Å². The third kappa shape index (κ3) is 1.29. The lowest BCUT2D eigenvalue weighted by atomic mass is 10.1. The highest BCUT2D eigenvalue weighted by Gasteiger charge is 2.22. The van der Waals surface area contributed by atoms with E-state index in [1.165, 1.54) is 12.1 Å². The van der Waals surface area contributed by atoms with E-state index in [1.54, 1.807) is 0 Å². The van der Waals surface area contributed by atoms with Crippen LogP contribution in [0.25, 0.3) is 0 Å². The molecule has 1 unspecified atom stereocenters. The molecule has 0 amide bonds. The fourth-order valence-electron chi connectivity index (χ4n) is 1.59. The Bertz CT molecular complexity index is 276. The van der Waals surface area contributed by atoms with Crippen LogP contribution in [0.3, 0.4) is 0 Å². The van der Waals surface area contributed by atoms with Gasteiger partial charge in [0.25, 0.3) is 0 Å². The summed E-state index contributed by atoms with van der Waals surface area (Å²) in [5, 5.41) is 10.6. The van der Waals surface area contributed by atoms with Gasteiger partial charge in [-0.05, 0) is 35.8 Å². The molecule has 1 aromatic heterocycles. The molecule has 3 nitrogen and oxygen atoms in total. The van der Waals surface area contributed by atoms with Crippen molar-refractivity contribution < 1.29 is 0 Å². The number of H-pyrrole nitrogens is 1. The Morgan fingerprint density at radius 3 is 2.92 bits per heavy atom. The predicted octanol–water partition coefficient (Wildman–Crippen LogP) is 1.56. The average molecular weight is 230 g/mol. The van der Waals surface area contributed by atoms with E-state index in [9.17, 15) is 0 Å². The number of hydrogen-bond donors (Lipinski definition) is 2. The SMILES string of the molecule is Cc1[nH]nc(C2CCNC2)c1Br. The number of aryl methyl sites for hydroxylation is 1. The third-order valence-corrected chi connectivity index (χ3v) is 3.35. The second-order valence-electron chi connectivity index (χ2n) is 3.24. The first-order valence-corrected chi connectivity index (χ1v) is 4.99. The van der Waals surface area contributed by atoms with Crippen LogP contribution >= 0.6 is 15.9 Å². The maximum Gasteiger partial charge on any atom is 0.0810 e. The number of rotatable bonds is 1. The summed E-state index contributed by atoms with van der Waals surface area (Å²) in [5.41, 5.74) is 2.30. The maximum absolute atomic E-state index is 4.29. The van der Waals surface area contributed by atoms with Gasteiger partial charge in [-0.3, -0.25) is 5.10 Å². The van der Waals surface area contributed by atoms with Gasteiger partial charge >= 0.3 is 0 Å². The van der Waals surface area contributed by atoms with Gasteiger partial charge in [0.05, 0.1) is 10.2 Å². The maximum atomic E-state index is 4.29. The Hall–Kier alpha value is -0.350. The van der Waals surface area contributed by atoms with Crippen molar-refractivity contribution in [1.82, 2.24) is 15.5 Å². The van der Waals surface area contributed by atoms with Crippen LogP contribution in [0, 0.1) is 6.92 Å². The second kappa shape index (κ2) is 3.18. The van der Waals surface area contributed by atoms with Crippen LogP contribution in [0.4, 0.5) is 0 Å². The number of aromatic nitrogens is 2. The molecule has 12 heavy (non-hydrogen) atoms. The molecule has 0 aliphatic carbocycles. The quantitative estimate of drug-likeness (QED) is 0.768. The molecule has 4 heteroatoms. The molecule has 1 fully saturated rings. The first kappa shape index (κ1) is 8.26. The highest BCUT2D eigenvalue weighted by atomic mass is 79.9. The van der Waals surface area contributed by atoms with E-state index in [1.807, 2.05) is 6.92 Å². The Labute approximate surface area is 80.1 Å². The highest BCUT2D eigenvalue weighted by molar-refractivity contribution is 9.10. The van der Waals surface area contributed by atoms with Crippen molar-refractivity contribution in [2.24, 2.45) is 0 Å². The number of hydrogen-bond acceptors (Lipinski definition) is 2. The lowest BCUT2D eigenvalue weighted by molar-refractivity contribution is 0.726. The Kier molecular flexibility index (Phi) is 2.19. The van der Waals surface area contributed by atoms with Gasteiger partial charge in [0.1, 0.15) is 0 Å². The van der Waals surface area contributed by atoms with Gasteiger partial charge in [-0.25, -0.2) is 0 Å². The summed E-state index contributed by atoms with van der Waals surface area (Å²) >= 11 is 3.54. The van der Waals surface area contributed by atoms with Gasteiger partial charge < -0.3 is 5.32 Å². The van der Waals surface area contributed by atoms with Crippen LogP contribution in [-0.2, 0) is 0 Å². The number of nitrogens with one attached hydrogen (secondary N) is 2. The number of aromatic amines is 1. The van der Waals surface area contributed by atoms with Crippen molar-refractivity contribution >= 4 is 15.9 Å². The molecule has 1 aliphatic heterocycles. The smallest absolute Gasteiger partial charge is 0.0810 e. The normalized spacial score (nSPS) is 23.3.